The first-order valence-electron chi connectivity index (χ1n) is 5.56. The van der Waals surface area contributed by atoms with Crippen LogP contribution in [-0.2, 0) is 6.42 Å². The molecule has 0 aliphatic rings. The van der Waals surface area contributed by atoms with Crippen molar-refractivity contribution in [2.45, 2.75) is 13.3 Å². The number of rotatable bonds is 4. The van der Waals surface area contributed by atoms with Crippen LogP contribution in [0.25, 0.3) is 0 Å². The Morgan fingerprint density at radius 1 is 1.00 bits per heavy atom. The number of nitrogens with zero attached hydrogens (tertiary/aromatic N) is 1. The Kier molecular flexibility index (Phi) is 4.07. The third-order valence-electron chi connectivity index (χ3n) is 2.43. The highest BCUT2D eigenvalue weighted by atomic mass is 31.1. The smallest absolute Gasteiger partial charge is 0.0410 e. The van der Waals surface area contributed by atoms with Gasteiger partial charge in [0.1, 0.15) is 0 Å². The number of benzene rings is 1. The summed E-state index contributed by atoms with van der Waals surface area (Å²) in [6.07, 6.45) is 2.27. The van der Waals surface area contributed by atoms with Gasteiger partial charge in [-0.1, -0.05) is 45.0 Å². The molecule has 0 saturated heterocycles. The van der Waals surface area contributed by atoms with Crippen molar-refractivity contribution in [1.82, 2.24) is 4.98 Å². The maximum absolute atomic E-state index is 4.51. The number of aromatic nitrogens is 1. The van der Waals surface area contributed by atoms with Crippen LogP contribution in [0.5, 0.6) is 0 Å². The van der Waals surface area contributed by atoms with Gasteiger partial charge in [-0.2, -0.15) is 0 Å². The van der Waals surface area contributed by atoms with E-state index in [1.807, 2.05) is 13.0 Å². The topological polar surface area (TPSA) is 12.9 Å². The third kappa shape index (κ3) is 3.43. The van der Waals surface area contributed by atoms with Crippen molar-refractivity contribution in [3.63, 3.8) is 0 Å². The molecule has 0 N–H and O–H groups in total. The molecule has 2 aromatic rings. The summed E-state index contributed by atoms with van der Waals surface area (Å²) in [6.45, 7) is 2.04. The molecule has 1 heterocycles. The van der Waals surface area contributed by atoms with Crippen LogP contribution in [0.3, 0.4) is 0 Å². The van der Waals surface area contributed by atoms with Crippen molar-refractivity contribution in [3.05, 3.63) is 59.9 Å². The Morgan fingerprint density at radius 3 is 2.56 bits per heavy atom. The second-order valence-corrected chi connectivity index (χ2v) is 5.24. The zero-order valence-electron chi connectivity index (χ0n) is 9.48. The van der Waals surface area contributed by atoms with Crippen LogP contribution in [-0.4, -0.2) is 11.1 Å². The van der Waals surface area contributed by atoms with Crippen LogP contribution in [0.2, 0.25) is 0 Å². The fourth-order valence-corrected chi connectivity index (χ4v) is 2.73. The average molecular weight is 229 g/mol. The van der Waals surface area contributed by atoms with Crippen LogP contribution < -0.4 is 5.30 Å². The molecule has 1 unspecified atom stereocenters. The van der Waals surface area contributed by atoms with Crippen molar-refractivity contribution < 1.29 is 0 Å². The summed E-state index contributed by atoms with van der Waals surface area (Å²) in [6, 6.07) is 16.9. The minimum Gasteiger partial charge on any atom is -0.258 e. The van der Waals surface area contributed by atoms with Gasteiger partial charge in [0.2, 0.25) is 0 Å². The number of aryl methyl sites for hydroxylation is 2. The van der Waals surface area contributed by atoms with E-state index in [4.69, 9.17) is 0 Å². The summed E-state index contributed by atoms with van der Waals surface area (Å²) in [4.78, 5) is 4.51. The van der Waals surface area contributed by atoms with Gasteiger partial charge < -0.3 is 0 Å². The first-order chi connectivity index (χ1) is 7.84. The molecule has 0 fully saturated rings. The Labute approximate surface area is 98.7 Å². The fourth-order valence-electron chi connectivity index (χ4n) is 1.63. The minimum atomic E-state index is 0.887. The molecule has 82 valence electrons. The predicted molar refractivity (Wildman–Crippen MR) is 71.9 cm³/mol. The van der Waals surface area contributed by atoms with Gasteiger partial charge in [-0.05, 0) is 36.9 Å². The summed E-state index contributed by atoms with van der Waals surface area (Å²) in [5, 5.41) is 1.44. The van der Waals surface area contributed by atoms with Gasteiger partial charge in [0, 0.05) is 11.4 Å². The molecule has 0 aliphatic heterocycles. The third-order valence-corrected chi connectivity index (χ3v) is 3.67. The van der Waals surface area contributed by atoms with Crippen LogP contribution in [0.4, 0.5) is 0 Å². The van der Waals surface area contributed by atoms with Crippen molar-refractivity contribution >= 4 is 13.9 Å². The molecule has 0 spiro atoms. The summed E-state index contributed by atoms with van der Waals surface area (Å²) in [5.74, 6) is 0. The van der Waals surface area contributed by atoms with Crippen molar-refractivity contribution in [2.24, 2.45) is 0 Å². The largest absolute Gasteiger partial charge is 0.258 e. The molecular formula is C14H16NP. The fraction of sp³-hybridized carbons (Fsp3) is 0.214. The standard InChI is InChI=1S/C14H16NP/c1-12-6-5-7-13(15-12)10-11-16-14-8-3-2-4-9-14/h2-9,16H,10-11H2,1H3. The molecule has 2 heteroatoms. The number of hydrogen-bond acceptors (Lipinski definition) is 1. The average Bonchev–Trinajstić information content (AvgIpc) is 2.30. The number of pyridine rings is 1. The molecule has 0 bridgehead atoms. The lowest BCUT2D eigenvalue weighted by Gasteiger charge is -2.02. The first-order valence-corrected chi connectivity index (χ1v) is 6.77. The quantitative estimate of drug-likeness (QED) is 0.734. The molecule has 0 radical (unpaired) electrons. The molecule has 0 saturated carbocycles. The van der Waals surface area contributed by atoms with E-state index >= 15 is 0 Å². The molecule has 0 aliphatic carbocycles. The Bertz CT molecular complexity index is 439. The Morgan fingerprint density at radius 2 is 1.81 bits per heavy atom. The maximum Gasteiger partial charge on any atom is 0.0410 e. The second-order valence-electron chi connectivity index (χ2n) is 3.81. The Balaban J connectivity index is 1.85. The van der Waals surface area contributed by atoms with Crippen LogP contribution in [0.1, 0.15) is 11.4 Å². The molecule has 2 rings (SSSR count). The first kappa shape index (κ1) is 11.3. The lowest BCUT2D eigenvalue weighted by atomic mass is 10.3. The summed E-state index contributed by atoms with van der Waals surface area (Å²) >= 11 is 0. The van der Waals surface area contributed by atoms with E-state index in [9.17, 15) is 0 Å². The highest BCUT2D eigenvalue weighted by molar-refractivity contribution is 7.47. The molecule has 1 aromatic carbocycles. The predicted octanol–water partition coefficient (Wildman–Crippen LogP) is 2.94. The summed E-state index contributed by atoms with van der Waals surface area (Å²) in [5.41, 5.74) is 2.32. The molecule has 1 aromatic heterocycles. The van der Waals surface area contributed by atoms with Crippen molar-refractivity contribution in [1.29, 1.82) is 0 Å². The summed E-state index contributed by atoms with van der Waals surface area (Å²) in [7, 11) is 0.887. The molecule has 1 atom stereocenters. The maximum atomic E-state index is 4.51. The van der Waals surface area contributed by atoms with E-state index in [-0.39, 0.29) is 0 Å². The minimum absolute atomic E-state index is 0.887. The lowest BCUT2D eigenvalue weighted by molar-refractivity contribution is 1.01. The Hall–Kier alpha value is -1.20. The van der Waals surface area contributed by atoms with Crippen LogP contribution >= 0.6 is 8.58 Å². The van der Waals surface area contributed by atoms with Gasteiger partial charge in [-0.3, -0.25) is 4.98 Å². The second kappa shape index (κ2) is 5.77. The monoisotopic (exact) mass is 229 g/mol. The molecular weight excluding hydrogens is 213 g/mol. The van der Waals surface area contributed by atoms with E-state index in [2.05, 4.69) is 47.4 Å². The molecule has 0 amide bonds. The SMILES string of the molecule is Cc1cccc(CCPc2ccccc2)n1. The van der Waals surface area contributed by atoms with Gasteiger partial charge in [-0.15, -0.1) is 0 Å². The van der Waals surface area contributed by atoms with E-state index in [1.165, 1.54) is 17.2 Å². The van der Waals surface area contributed by atoms with Gasteiger partial charge in [0.15, 0.2) is 0 Å². The van der Waals surface area contributed by atoms with Gasteiger partial charge in [0.25, 0.3) is 0 Å². The lowest BCUT2D eigenvalue weighted by Crippen LogP contribution is -1.98. The highest BCUT2D eigenvalue weighted by Gasteiger charge is 1.96. The zero-order chi connectivity index (χ0) is 11.2. The van der Waals surface area contributed by atoms with Crippen LogP contribution in [0.15, 0.2) is 48.5 Å². The van der Waals surface area contributed by atoms with Gasteiger partial charge in [-0.25, -0.2) is 0 Å². The number of hydrogen-bond donors (Lipinski definition) is 0. The van der Waals surface area contributed by atoms with Crippen molar-refractivity contribution in [3.8, 4) is 0 Å². The van der Waals surface area contributed by atoms with E-state index in [1.54, 1.807) is 0 Å². The highest BCUT2D eigenvalue weighted by Crippen LogP contribution is 2.12. The van der Waals surface area contributed by atoms with Gasteiger partial charge in [0.05, 0.1) is 0 Å². The normalized spacial score (nSPS) is 11.1. The van der Waals surface area contributed by atoms with E-state index in [0.717, 1.165) is 20.7 Å². The van der Waals surface area contributed by atoms with Crippen molar-refractivity contribution in [2.75, 3.05) is 6.16 Å². The van der Waals surface area contributed by atoms with Gasteiger partial charge >= 0.3 is 0 Å². The van der Waals surface area contributed by atoms with E-state index < -0.39 is 0 Å². The van der Waals surface area contributed by atoms with E-state index in [0.29, 0.717) is 0 Å². The molecule has 16 heavy (non-hydrogen) atoms. The zero-order valence-corrected chi connectivity index (χ0v) is 10.5. The molecule has 1 nitrogen and oxygen atoms in total. The van der Waals surface area contributed by atoms with Crippen LogP contribution in [0, 0.1) is 6.92 Å². The summed E-state index contributed by atoms with van der Waals surface area (Å²) < 4.78 is 0.